The first-order valence-electron chi connectivity index (χ1n) is 8.84. The molecule has 1 aliphatic heterocycles. The highest BCUT2D eigenvalue weighted by molar-refractivity contribution is 5.89. The lowest BCUT2D eigenvalue weighted by Gasteiger charge is -2.16. The van der Waals surface area contributed by atoms with E-state index in [0.29, 0.717) is 23.5 Å². The molecular formula is C19H20N4O4. The average Bonchev–Trinajstić information content (AvgIpc) is 3.24. The molecule has 0 saturated carbocycles. The Morgan fingerprint density at radius 1 is 1.37 bits per heavy atom. The number of carbonyl (C=O) groups is 1. The van der Waals surface area contributed by atoms with Crippen LogP contribution in [0.25, 0.3) is 11.2 Å². The molecule has 0 amide bonds. The highest BCUT2D eigenvalue weighted by Crippen LogP contribution is 2.34. The van der Waals surface area contributed by atoms with Gasteiger partial charge in [-0.1, -0.05) is 25.1 Å². The van der Waals surface area contributed by atoms with Crippen LogP contribution < -0.4 is 5.56 Å². The molecule has 3 unspecified atom stereocenters. The highest BCUT2D eigenvalue weighted by atomic mass is 16.6. The Bertz CT molecular complexity index is 1030. The zero-order chi connectivity index (χ0) is 19.0. The summed E-state index contributed by atoms with van der Waals surface area (Å²) in [5.41, 5.74) is 1.03. The summed E-state index contributed by atoms with van der Waals surface area (Å²) < 4.78 is 13.3. The number of aromatic nitrogens is 4. The molecular weight excluding hydrogens is 348 g/mol. The van der Waals surface area contributed by atoms with Crippen molar-refractivity contribution in [2.75, 3.05) is 6.61 Å². The summed E-state index contributed by atoms with van der Waals surface area (Å²) >= 11 is 0. The number of fused-ring (bicyclic) bond motifs is 1. The van der Waals surface area contributed by atoms with Crippen molar-refractivity contribution < 1.29 is 14.3 Å². The van der Waals surface area contributed by atoms with Crippen LogP contribution in [0.2, 0.25) is 0 Å². The number of aromatic amines is 1. The molecule has 4 rings (SSSR count). The normalized spacial score (nSPS) is 22.2. The molecule has 140 valence electrons. The van der Waals surface area contributed by atoms with Gasteiger partial charge >= 0.3 is 5.97 Å². The zero-order valence-corrected chi connectivity index (χ0v) is 15.1. The van der Waals surface area contributed by atoms with Gasteiger partial charge in [0.1, 0.15) is 18.7 Å². The fourth-order valence-electron chi connectivity index (χ4n) is 3.31. The summed E-state index contributed by atoms with van der Waals surface area (Å²) in [6, 6.07) is 8.87. The van der Waals surface area contributed by atoms with Gasteiger partial charge in [0.15, 0.2) is 11.2 Å². The maximum atomic E-state index is 12.1. The van der Waals surface area contributed by atoms with Crippen molar-refractivity contribution in [2.45, 2.75) is 32.6 Å². The van der Waals surface area contributed by atoms with Crippen LogP contribution in [-0.2, 0) is 9.47 Å². The first-order chi connectivity index (χ1) is 13.0. The zero-order valence-electron chi connectivity index (χ0n) is 15.1. The Balaban J connectivity index is 1.47. The third kappa shape index (κ3) is 3.35. The van der Waals surface area contributed by atoms with Gasteiger partial charge in [0.2, 0.25) is 0 Å². The number of carbonyl (C=O) groups excluding carboxylic acids is 1. The molecule has 1 fully saturated rings. The summed E-state index contributed by atoms with van der Waals surface area (Å²) in [6.45, 7) is 3.94. The Kier molecular flexibility index (Phi) is 4.49. The van der Waals surface area contributed by atoms with Crippen LogP contribution in [0.5, 0.6) is 0 Å². The summed E-state index contributed by atoms with van der Waals surface area (Å²) in [5, 5.41) is 0. The number of aryl methyl sites for hydroxylation is 1. The fraction of sp³-hybridized carbons (Fsp3) is 0.368. The number of hydrogen-bond donors (Lipinski definition) is 1. The van der Waals surface area contributed by atoms with Crippen molar-refractivity contribution in [3.05, 3.63) is 58.4 Å². The summed E-state index contributed by atoms with van der Waals surface area (Å²) in [7, 11) is 0. The molecule has 8 nitrogen and oxygen atoms in total. The molecule has 3 atom stereocenters. The molecule has 1 aliphatic rings. The van der Waals surface area contributed by atoms with Crippen molar-refractivity contribution in [1.82, 2.24) is 19.5 Å². The van der Waals surface area contributed by atoms with Crippen molar-refractivity contribution in [3.8, 4) is 0 Å². The monoisotopic (exact) mass is 368 g/mol. The van der Waals surface area contributed by atoms with Crippen LogP contribution in [0.15, 0.2) is 41.5 Å². The SMILES string of the molecule is Cc1nc2c(ncn2C2CC(C)C(COC(=O)c3ccccc3)O2)c(=O)[nH]1. The van der Waals surface area contributed by atoms with Gasteiger partial charge in [0.05, 0.1) is 18.0 Å². The molecule has 27 heavy (non-hydrogen) atoms. The van der Waals surface area contributed by atoms with E-state index in [-0.39, 0.29) is 41.9 Å². The topological polar surface area (TPSA) is 99.1 Å². The molecule has 2 aromatic heterocycles. The quantitative estimate of drug-likeness (QED) is 0.709. The van der Waals surface area contributed by atoms with Crippen molar-refractivity contribution in [1.29, 1.82) is 0 Å². The molecule has 0 spiro atoms. The van der Waals surface area contributed by atoms with E-state index in [0.717, 1.165) is 0 Å². The first-order valence-corrected chi connectivity index (χ1v) is 8.84. The number of imidazole rings is 1. The Hall–Kier alpha value is -3.00. The van der Waals surface area contributed by atoms with Crippen molar-refractivity contribution >= 4 is 17.1 Å². The van der Waals surface area contributed by atoms with Gasteiger partial charge in [-0.25, -0.2) is 14.8 Å². The van der Waals surface area contributed by atoms with Gasteiger partial charge in [-0.05, 0) is 31.4 Å². The number of esters is 1. The van der Waals surface area contributed by atoms with Gasteiger partial charge in [-0.3, -0.25) is 9.36 Å². The Morgan fingerprint density at radius 2 is 2.15 bits per heavy atom. The van der Waals surface area contributed by atoms with E-state index in [1.54, 1.807) is 42.1 Å². The number of nitrogens with zero attached hydrogens (tertiary/aromatic N) is 3. The van der Waals surface area contributed by atoms with E-state index in [1.165, 1.54) is 0 Å². The van der Waals surface area contributed by atoms with E-state index >= 15 is 0 Å². The van der Waals surface area contributed by atoms with Crippen LogP contribution in [0, 0.1) is 12.8 Å². The lowest BCUT2D eigenvalue weighted by molar-refractivity contribution is -0.0373. The summed E-state index contributed by atoms with van der Waals surface area (Å²) in [5.74, 6) is 0.333. The lowest BCUT2D eigenvalue weighted by Crippen LogP contribution is -2.23. The maximum Gasteiger partial charge on any atom is 0.338 e. The molecule has 1 aromatic carbocycles. The molecule has 3 aromatic rings. The highest BCUT2D eigenvalue weighted by Gasteiger charge is 2.35. The van der Waals surface area contributed by atoms with Crippen LogP contribution in [0.3, 0.4) is 0 Å². The fourth-order valence-corrected chi connectivity index (χ4v) is 3.31. The lowest BCUT2D eigenvalue weighted by atomic mass is 10.0. The van der Waals surface area contributed by atoms with Crippen molar-refractivity contribution in [2.24, 2.45) is 5.92 Å². The molecule has 0 radical (unpaired) electrons. The molecule has 3 heterocycles. The average molecular weight is 368 g/mol. The number of rotatable bonds is 4. The van der Waals surface area contributed by atoms with E-state index in [4.69, 9.17) is 9.47 Å². The predicted octanol–water partition coefficient (Wildman–Crippen LogP) is 2.21. The molecule has 0 aliphatic carbocycles. The van der Waals surface area contributed by atoms with Gasteiger partial charge in [0.25, 0.3) is 5.56 Å². The standard InChI is InChI=1S/C19H20N4O4/c1-11-8-15(23-10-20-16-17(23)21-12(2)22-18(16)24)27-14(11)9-26-19(25)13-6-4-3-5-7-13/h3-7,10-11,14-15H,8-9H2,1-2H3,(H,21,22,24). The van der Waals surface area contributed by atoms with Gasteiger partial charge in [-0.15, -0.1) is 0 Å². The minimum Gasteiger partial charge on any atom is -0.459 e. The number of ether oxygens (including phenoxy) is 2. The van der Waals surface area contributed by atoms with E-state index in [1.807, 2.05) is 13.0 Å². The second-order valence-electron chi connectivity index (χ2n) is 6.78. The van der Waals surface area contributed by atoms with Crippen LogP contribution in [-0.4, -0.2) is 38.2 Å². The van der Waals surface area contributed by atoms with E-state index in [2.05, 4.69) is 15.0 Å². The third-order valence-corrected chi connectivity index (χ3v) is 4.79. The minimum absolute atomic E-state index is 0.172. The summed E-state index contributed by atoms with van der Waals surface area (Å²) in [6.07, 6.45) is 1.75. The smallest absolute Gasteiger partial charge is 0.338 e. The predicted molar refractivity (Wildman–Crippen MR) is 97.3 cm³/mol. The second kappa shape index (κ2) is 6.96. The number of H-pyrrole nitrogens is 1. The number of hydrogen-bond acceptors (Lipinski definition) is 6. The van der Waals surface area contributed by atoms with E-state index < -0.39 is 0 Å². The van der Waals surface area contributed by atoms with Crippen LogP contribution in [0.1, 0.15) is 35.8 Å². The Labute approximate surface area is 155 Å². The van der Waals surface area contributed by atoms with Crippen LogP contribution in [0.4, 0.5) is 0 Å². The van der Waals surface area contributed by atoms with Crippen LogP contribution >= 0.6 is 0 Å². The van der Waals surface area contributed by atoms with Crippen molar-refractivity contribution in [3.63, 3.8) is 0 Å². The molecule has 8 heteroatoms. The van der Waals surface area contributed by atoms with E-state index in [9.17, 15) is 9.59 Å². The maximum absolute atomic E-state index is 12.1. The minimum atomic E-state index is -0.369. The van der Waals surface area contributed by atoms with Gasteiger partial charge in [0, 0.05) is 0 Å². The Morgan fingerprint density at radius 3 is 2.93 bits per heavy atom. The van der Waals surface area contributed by atoms with Gasteiger partial charge < -0.3 is 14.5 Å². The molecule has 0 bridgehead atoms. The molecule has 1 N–H and O–H groups in total. The number of benzene rings is 1. The summed E-state index contributed by atoms with van der Waals surface area (Å²) in [4.78, 5) is 35.3. The second-order valence-corrected chi connectivity index (χ2v) is 6.78. The largest absolute Gasteiger partial charge is 0.459 e. The molecule has 1 saturated heterocycles. The third-order valence-electron chi connectivity index (χ3n) is 4.79. The number of nitrogens with one attached hydrogen (secondary N) is 1. The first kappa shape index (κ1) is 17.4. The van der Waals surface area contributed by atoms with Gasteiger partial charge in [-0.2, -0.15) is 0 Å².